The zero-order valence-electron chi connectivity index (χ0n) is 19.9. The molecule has 2 aromatic heterocycles. The Morgan fingerprint density at radius 2 is 1.82 bits per heavy atom. The van der Waals surface area contributed by atoms with Crippen LogP contribution in [0.2, 0.25) is 0 Å². The minimum absolute atomic E-state index is 0.00631. The Hall–Kier alpha value is -2.73. The topological polar surface area (TPSA) is 150 Å². The van der Waals surface area contributed by atoms with Crippen molar-refractivity contribution in [1.29, 1.82) is 0 Å². The number of hydrogen-bond donors (Lipinski definition) is 3. The number of nitrogens with one attached hydrogen (secondary N) is 2. The molecule has 1 aliphatic heterocycles. The van der Waals surface area contributed by atoms with E-state index in [1.165, 1.54) is 6.07 Å². The Balaban J connectivity index is 1.91. The van der Waals surface area contributed by atoms with E-state index >= 15 is 0 Å². The maximum absolute atomic E-state index is 12.8. The number of aromatic nitrogens is 4. The first-order chi connectivity index (χ1) is 15.6. The Kier molecular flexibility index (Phi) is 7.58. The van der Waals surface area contributed by atoms with Crippen molar-refractivity contribution in [2.75, 3.05) is 23.0 Å². The fourth-order valence-electron chi connectivity index (χ4n) is 4.40. The number of piperidine rings is 1. The van der Waals surface area contributed by atoms with Gasteiger partial charge in [-0.25, -0.2) is 13.4 Å². The van der Waals surface area contributed by atoms with Gasteiger partial charge in [0.25, 0.3) is 5.91 Å². The summed E-state index contributed by atoms with van der Waals surface area (Å²) < 4.78 is 27.3. The number of amides is 1. The van der Waals surface area contributed by atoms with Crippen LogP contribution in [-0.4, -0.2) is 69.7 Å². The van der Waals surface area contributed by atoms with Crippen molar-refractivity contribution in [2.45, 2.75) is 71.5 Å². The smallest absolute Gasteiger partial charge is 0.267 e. The van der Waals surface area contributed by atoms with Crippen molar-refractivity contribution in [1.82, 2.24) is 24.5 Å². The van der Waals surface area contributed by atoms with Crippen LogP contribution in [0.15, 0.2) is 12.1 Å². The second-order valence-electron chi connectivity index (χ2n) is 8.45. The van der Waals surface area contributed by atoms with Gasteiger partial charge in [0.15, 0.2) is 5.82 Å². The highest BCUT2D eigenvalue weighted by molar-refractivity contribution is 7.89. The number of nitrogens with two attached hydrogens (primary N) is 1. The molecule has 1 unspecified atom stereocenters. The van der Waals surface area contributed by atoms with E-state index in [1.807, 2.05) is 38.8 Å². The largest absolute Gasteiger partial charge is 0.364 e. The number of hydrogen-bond acceptors (Lipinski definition) is 8. The van der Waals surface area contributed by atoms with Gasteiger partial charge in [-0.05, 0) is 39.5 Å². The lowest BCUT2D eigenvalue weighted by Gasteiger charge is -2.46. The number of aryl methyl sites for hydroxylation is 1. The van der Waals surface area contributed by atoms with Crippen LogP contribution in [0.1, 0.15) is 62.6 Å². The molecule has 4 N–H and O–H groups in total. The number of anilines is 3. The van der Waals surface area contributed by atoms with Crippen LogP contribution in [0.4, 0.5) is 17.6 Å². The number of nitrogens with zero attached hydrogens (tertiary/aromatic N) is 5. The van der Waals surface area contributed by atoms with E-state index in [2.05, 4.69) is 25.5 Å². The molecular weight excluding hydrogens is 444 g/mol. The standard InChI is InChI=1S/C21H34N8O3S/c1-6-14-10-16(11-15(7-2)29(14)33(31,32)8-3)28(5)21-23-17(20(22)30)12-18(25-21)24-19-9-13(4)26-27-19/h9,12,14-16H,6-8,10-11H2,1-5H3,(H2,22,30)(H2,23,24,25,26,27)/t14-,15+,16?. The van der Waals surface area contributed by atoms with Gasteiger partial charge in [0.1, 0.15) is 11.5 Å². The number of rotatable bonds is 9. The van der Waals surface area contributed by atoms with E-state index in [1.54, 1.807) is 11.2 Å². The molecule has 3 rings (SSSR count). The van der Waals surface area contributed by atoms with Crippen LogP contribution in [0.3, 0.4) is 0 Å². The third-order valence-corrected chi connectivity index (χ3v) is 8.20. The van der Waals surface area contributed by atoms with Crippen LogP contribution in [0, 0.1) is 6.92 Å². The molecule has 2 aromatic rings. The predicted molar refractivity (Wildman–Crippen MR) is 128 cm³/mol. The second-order valence-corrected chi connectivity index (χ2v) is 10.6. The summed E-state index contributed by atoms with van der Waals surface area (Å²) in [5.74, 6) is 0.742. The quantitative estimate of drug-likeness (QED) is 0.496. The van der Waals surface area contributed by atoms with Crippen molar-refractivity contribution < 1.29 is 13.2 Å². The molecule has 1 saturated heterocycles. The lowest BCUT2D eigenvalue weighted by molar-refractivity contribution is 0.0995. The molecule has 1 amide bonds. The zero-order valence-corrected chi connectivity index (χ0v) is 20.7. The third kappa shape index (κ3) is 5.44. The summed E-state index contributed by atoms with van der Waals surface area (Å²) in [6.07, 6.45) is 2.73. The van der Waals surface area contributed by atoms with Gasteiger partial charge in [0, 0.05) is 43.0 Å². The summed E-state index contributed by atoms with van der Waals surface area (Å²) in [6, 6.07) is 3.10. The van der Waals surface area contributed by atoms with Crippen molar-refractivity contribution in [3.05, 3.63) is 23.5 Å². The molecule has 1 aliphatic rings. The zero-order chi connectivity index (χ0) is 24.3. The molecule has 0 bridgehead atoms. The molecule has 0 aromatic carbocycles. The average Bonchev–Trinajstić information content (AvgIpc) is 3.21. The summed E-state index contributed by atoms with van der Waals surface area (Å²) in [6.45, 7) is 7.59. The summed E-state index contributed by atoms with van der Waals surface area (Å²) in [5.41, 5.74) is 6.49. The number of H-pyrrole nitrogens is 1. The van der Waals surface area contributed by atoms with E-state index in [9.17, 15) is 13.2 Å². The predicted octanol–water partition coefficient (Wildman–Crippen LogP) is 2.16. The molecule has 3 atom stereocenters. The number of sulfonamides is 1. The highest BCUT2D eigenvalue weighted by Gasteiger charge is 2.41. The van der Waals surface area contributed by atoms with Crippen molar-refractivity contribution in [2.24, 2.45) is 5.73 Å². The SMILES string of the molecule is CC[C@@H]1CC(N(C)c2nc(Nc3cc(C)[nH]n3)cc(C(N)=O)n2)C[C@H](CC)N1S(=O)(=O)CC. The number of carbonyl (C=O) groups is 1. The molecule has 0 spiro atoms. The van der Waals surface area contributed by atoms with Gasteiger partial charge < -0.3 is 16.0 Å². The van der Waals surface area contributed by atoms with Gasteiger partial charge in [-0.3, -0.25) is 9.89 Å². The summed E-state index contributed by atoms with van der Waals surface area (Å²) in [5, 5.41) is 10.1. The van der Waals surface area contributed by atoms with E-state index in [-0.39, 0.29) is 29.6 Å². The van der Waals surface area contributed by atoms with Gasteiger partial charge in [-0.2, -0.15) is 14.4 Å². The molecule has 1 fully saturated rings. The summed E-state index contributed by atoms with van der Waals surface area (Å²) >= 11 is 0. The molecule has 0 radical (unpaired) electrons. The van der Waals surface area contributed by atoms with Crippen LogP contribution < -0.4 is 16.0 Å². The van der Waals surface area contributed by atoms with Crippen LogP contribution in [0.5, 0.6) is 0 Å². The Morgan fingerprint density at radius 3 is 2.30 bits per heavy atom. The molecule has 12 heteroatoms. The Morgan fingerprint density at radius 1 is 1.18 bits per heavy atom. The van der Waals surface area contributed by atoms with Gasteiger partial charge in [-0.1, -0.05) is 13.8 Å². The monoisotopic (exact) mass is 478 g/mol. The highest BCUT2D eigenvalue weighted by Crippen LogP contribution is 2.33. The van der Waals surface area contributed by atoms with Crippen LogP contribution in [-0.2, 0) is 10.0 Å². The average molecular weight is 479 g/mol. The molecule has 11 nitrogen and oxygen atoms in total. The molecule has 0 aliphatic carbocycles. The second kappa shape index (κ2) is 10.0. The summed E-state index contributed by atoms with van der Waals surface area (Å²) in [4.78, 5) is 22.8. The first-order valence-electron chi connectivity index (χ1n) is 11.3. The van der Waals surface area contributed by atoms with E-state index < -0.39 is 15.9 Å². The van der Waals surface area contributed by atoms with E-state index in [4.69, 9.17) is 5.73 Å². The number of aromatic amines is 1. The third-order valence-electron chi connectivity index (χ3n) is 6.23. The molecule has 182 valence electrons. The fourth-order valence-corrected chi connectivity index (χ4v) is 6.08. The van der Waals surface area contributed by atoms with Crippen LogP contribution >= 0.6 is 0 Å². The fraction of sp³-hybridized carbons (Fsp3) is 0.619. The van der Waals surface area contributed by atoms with Crippen molar-refractivity contribution in [3.8, 4) is 0 Å². The van der Waals surface area contributed by atoms with E-state index in [0.717, 1.165) is 5.69 Å². The lowest BCUT2D eigenvalue weighted by Crippen LogP contribution is -2.56. The minimum Gasteiger partial charge on any atom is -0.364 e. The molecular formula is C21H34N8O3S. The maximum Gasteiger partial charge on any atom is 0.267 e. The van der Waals surface area contributed by atoms with Gasteiger partial charge in [-0.15, -0.1) is 0 Å². The number of primary amides is 1. The van der Waals surface area contributed by atoms with Crippen molar-refractivity contribution in [3.63, 3.8) is 0 Å². The molecule has 0 saturated carbocycles. The van der Waals surface area contributed by atoms with E-state index in [0.29, 0.717) is 43.3 Å². The van der Waals surface area contributed by atoms with Crippen LogP contribution in [0.25, 0.3) is 0 Å². The normalized spacial score (nSPS) is 21.7. The number of carbonyl (C=O) groups excluding carboxylic acids is 1. The van der Waals surface area contributed by atoms with Crippen molar-refractivity contribution >= 4 is 33.5 Å². The van der Waals surface area contributed by atoms with Gasteiger partial charge in [0.2, 0.25) is 16.0 Å². The maximum atomic E-state index is 12.8. The Bertz CT molecular complexity index is 1070. The highest BCUT2D eigenvalue weighted by atomic mass is 32.2. The lowest BCUT2D eigenvalue weighted by atomic mass is 9.90. The first-order valence-corrected chi connectivity index (χ1v) is 12.9. The van der Waals surface area contributed by atoms with Gasteiger partial charge in [0.05, 0.1) is 5.75 Å². The molecule has 33 heavy (non-hydrogen) atoms. The molecule has 3 heterocycles. The summed E-state index contributed by atoms with van der Waals surface area (Å²) in [7, 11) is -1.44. The minimum atomic E-state index is -3.31. The van der Waals surface area contributed by atoms with Gasteiger partial charge >= 0.3 is 0 Å². The Labute approximate surface area is 195 Å². The first kappa shape index (κ1) is 24.9.